The van der Waals surface area contributed by atoms with Crippen molar-refractivity contribution in [1.29, 1.82) is 0 Å². The van der Waals surface area contributed by atoms with Gasteiger partial charge in [0, 0.05) is 11.2 Å². The molecular formula is C15H14ClF3N4O. The molecule has 2 rings (SSSR count). The van der Waals surface area contributed by atoms with E-state index in [0.29, 0.717) is 17.2 Å². The topological polar surface area (TPSA) is 59.3 Å². The van der Waals surface area contributed by atoms with Crippen LogP contribution in [0.25, 0.3) is 0 Å². The van der Waals surface area contributed by atoms with Gasteiger partial charge in [-0.15, -0.1) is 0 Å². The molecule has 0 atom stereocenters. The maximum atomic E-state index is 12.4. The minimum Gasteiger partial charge on any atom is -0.271 e. The van der Waals surface area contributed by atoms with Gasteiger partial charge in [0.05, 0.1) is 5.71 Å². The van der Waals surface area contributed by atoms with Gasteiger partial charge in [0.15, 0.2) is 5.69 Å². The van der Waals surface area contributed by atoms with E-state index in [1.165, 1.54) is 0 Å². The van der Waals surface area contributed by atoms with Crippen LogP contribution in [0.4, 0.5) is 13.2 Å². The molecule has 128 valence electrons. The van der Waals surface area contributed by atoms with Crippen molar-refractivity contribution in [3.8, 4) is 0 Å². The van der Waals surface area contributed by atoms with E-state index in [4.69, 9.17) is 11.6 Å². The zero-order chi connectivity index (χ0) is 17.7. The Balaban J connectivity index is 2.02. The second-order valence-corrected chi connectivity index (χ2v) is 5.29. The monoisotopic (exact) mass is 358 g/mol. The number of aromatic nitrogens is 2. The van der Waals surface area contributed by atoms with Gasteiger partial charge < -0.3 is 0 Å². The highest BCUT2D eigenvalue weighted by molar-refractivity contribution is 6.31. The Morgan fingerprint density at radius 1 is 1.38 bits per heavy atom. The van der Waals surface area contributed by atoms with Crippen molar-refractivity contribution in [2.75, 3.05) is 0 Å². The van der Waals surface area contributed by atoms with Crippen LogP contribution >= 0.6 is 11.6 Å². The first kappa shape index (κ1) is 18.0. The fourth-order valence-electron chi connectivity index (χ4n) is 1.93. The number of carbonyl (C=O) groups excluding carboxylic acids is 1. The predicted molar refractivity (Wildman–Crippen MR) is 83.7 cm³/mol. The van der Waals surface area contributed by atoms with Gasteiger partial charge >= 0.3 is 6.18 Å². The lowest BCUT2D eigenvalue weighted by Gasteiger charge is -2.06. The van der Waals surface area contributed by atoms with Crippen molar-refractivity contribution in [2.45, 2.75) is 26.1 Å². The summed E-state index contributed by atoms with van der Waals surface area (Å²) < 4.78 is 38.3. The van der Waals surface area contributed by atoms with Crippen LogP contribution in [0.5, 0.6) is 0 Å². The highest BCUT2D eigenvalue weighted by atomic mass is 35.5. The van der Waals surface area contributed by atoms with Gasteiger partial charge in [-0.25, -0.2) is 5.43 Å². The van der Waals surface area contributed by atoms with Crippen molar-refractivity contribution in [2.24, 2.45) is 5.10 Å². The third-order valence-electron chi connectivity index (χ3n) is 3.04. The highest BCUT2D eigenvalue weighted by Crippen LogP contribution is 2.27. The van der Waals surface area contributed by atoms with E-state index in [-0.39, 0.29) is 6.54 Å². The molecule has 0 aliphatic rings. The van der Waals surface area contributed by atoms with Crippen LogP contribution < -0.4 is 5.43 Å². The summed E-state index contributed by atoms with van der Waals surface area (Å²) in [5.41, 5.74) is 2.62. The average molecular weight is 359 g/mol. The Hall–Kier alpha value is -2.35. The largest absolute Gasteiger partial charge is 0.435 e. The van der Waals surface area contributed by atoms with Crippen molar-refractivity contribution < 1.29 is 18.0 Å². The maximum Gasteiger partial charge on any atom is 0.435 e. The van der Waals surface area contributed by atoms with Crippen LogP contribution in [0.3, 0.4) is 0 Å². The van der Waals surface area contributed by atoms with E-state index in [9.17, 15) is 18.0 Å². The van der Waals surface area contributed by atoms with E-state index >= 15 is 0 Å². The summed E-state index contributed by atoms with van der Waals surface area (Å²) in [4.78, 5) is 11.8. The number of nitrogens with zero attached hydrogens (tertiary/aromatic N) is 3. The molecular weight excluding hydrogens is 345 g/mol. The normalized spacial score (nSPS) is 12.3. The van der Waals surface area contributed by atoms with E-state index in [0.717, 1.165) is 22.5 Å². The summed E-state index contributed by atoms with van der Waals surface area (Å²) in [7, 11) is 0. The van der Waals surface area contributed by atoms with Crippen molar-refractivity contribution >= 4 is 23.2 Å². The minimum atomic E-state index is -4.54. The molecule has 24 heavy (non-hydrogen) atoms. The molecule has 2 aromatic rings. The van der Waals surface area contributed by atoms with Crippen molar-refractivity contribution in [3.63, 3.8) is 0 Å². The Bertz CT molecular complexity index is 755. The van der Waals surface area contributed by atoms with Gasteiger partial charge in [0.1, 0.15) is 6.54 Å². The number of hydrogen-bond acceptors (Lipinski definition) is 3. The number of nitrogens with one attached hydrogen (secondary N) is 1. The van der Waals surface area contributed by atoms with Crippen LogP contribution in [0.15, 0.2) is 41.6 Å². The maximum absolute atomic E-state index is 12.4. The molecule has 0 aliphatic heterocycles. The van der Waals surface area contributed by atoms with Gasteiger partial charge in [-0.3, -0.25) is 9.48 Å². The quantitative estimate of drug-likeness (QED) is 0.657. The van der Waals surface area contributed by atoms with Crippen LogP contribution in [-0.2, 0) is 17.5 Å². The summed E-state index contributed by atoms with van der Waals surface area (Å²) in [6, 6.07) is 7.78. The molecule has 1 N–H and O–H groups in total. The van der Waals surface area contributed by atoms with Crippen molar-refractivity contribution in [1.82, 2.24) is 15.2 Å². The van der Waals surface area contributed by atoms with E-state index in [2.05, 4.69) is 15.6 Å². The van der Waals surface area contributed by atoms with Gasteiger partial charge in [-0.2, -0.15) is 23.4 Å². The minimum absolute atomic E-state index is 0.369. The number of benzene rings is 1. The molecule has 0 aliphatic carbocycles. The molecule has 0 saturated heterocycles. The first-order valence-electron chi connectivity index (χ1n) is 7.01. The molecule has 0 bridgehead atoms. The lowest BCUT2D eigenvalue weighted by molar-refractivity contribution is -0.141. The lowest BCUT2D eigenvalue weighted by atomic mass is 10.1. The molecule has 1 amide bonds. The zero-order valence-electron chi connectivity index (χ0n) is 12.6. The summed E-state index contributed by atoms with van der Waals surface area (Å²) in [5.74, 6) is -0.584. The van der Waals surface area contributed by atoms with E-state index in [1.807, 2.05) is 6.92 Å². The summed E-state index contributed by atoms with van der Waals surface area (Å²) in [5, 5.41) is 7.84. The van der Waals surface area contributed by atoms with Crippen LogP contribution in [0.2, 0.25) is 5.02 Å². The summed E-state index contributed by atoms with van der Waals surface area (Å²) in [6.45, 7) is 1.49. The number of hydrogen-bond donors (Lipinski definition) is 1. The second-order valence-electron chi connectivity index (χ2n) is 4.85. The third-order valence-corrected chi connectivity index (χ3v) is 3.28. The molecule has 0 spiro atoms. The Morgan fingerprint density at radius 2 is 2.12 bits per heavy atom. The number of alkyl halides is 3. The van der Waals surface area contributed by atoms with Crippen LogP contribution in [0.1, 0.15) is 24.6 Å². The van der Waals surface area contributed by atoms with Gasteiger partial charge in [0.2, 0.25) is 0 Å². The lowest BCUT2D eigenvalue weighted by Crippen LogP contribution is -2.25. The van der Waals surface area contributed by atoms with Gasteiger partial charge in [0.25, 0.3) is 5.91 Å². The number of halogens is 4. The average Bonchev–Trinajstić information content (AvgIpc) is 2.96. The zero-order valence-corrected chi connectivity index (χ0v) is 13.4. The molecule has 1 aromatic carbocycles. The fraction of sp³-hybridized carbons (Fsp3) is 0.267. The van der Waals surface area contributed by atoms with Gasteiger partial charge in [-0.05, 0) is 30.2 Å². The van der Waals surface area contributed by atoms with Crippen molar-refractivity contribution in [3.05, 3.63) is 52.8 Å². The standard InChI is InChI=1S/C15H14ClF3N4O/c1-2-12(10-4-3-5-11(16)8-10)20-21-14(24)9-23-7-6-13(22-23)15(17,18)19/h3-8H,2,9H2,1H3,(H,21,24)/b20-12-. The van der Waals surface area contributed by atoms with Gasteiger partial charge in [-0.1, -0.05) is 30.7 Å². The van der Waals surface area contributed by atoms with Crippen LogP contribution in [0, 0.1) is 0 Å². The smallest absolute Gasteiger partial charge is 0.271 e. The Labute approximate surface area is 141 Å². The Morgan fingerprint density at radius 3 is 2.71 bits per heavy atom. The van der Waals surface area contributed by atoms with E-state index < -0.39 is 17.8 Å². The molecule has 0 fully saturated rings. The number of hydrazone groups is 1. The SMILES string of the molecule is CC/C(=N/NC(=O)Cn1ccc(C(F)(F)F)n1)c1cccc(Cl)c1. The summed E-state index contributed by atoms with van der Waals surface area (Å²) in [6.07, 6.45) is -2.91. The highest BCUT2D eigenvalue weighted by Gasteiger charge is 2.33. The number of rotatable bonds is 5. The fourth-order valence-corrected chi connectivity index (χ4v) is 2.12. The van der Waals surface area contributed by atoms with Crippen LogP contribution in [-0.4, -0.2) is 21.4 Å². The first-order valence-corrected chi connectivity index (χ1v) is 7.39. The number of amides is 1. The molecule has 5 nitrogen and oxygen atoms in total. The number of carbonyl (C=O) groups is 1. The predicted octanol–water partition coefficient (Wildman–Crippen LogP) is 3.49. The molecule has 0 saturated carbocycles. The molecule has 0 radical (unpaired) electrons. The van der Waals surface area contributed by atoms with E-state index in [1.54, 1.807) is 24.3 Å². The molecule has 1 heterocycles. The molecule has 1 aromatic heterocycles. The molecule has 9 heteroatoms. The second kappa shape index (κ2) is 7.48. The molecule has 0 unspecified atom stereocenters. The summed E-state index contributed by atoms with van der Waals surface area (Å²) >= 11 is 5.91. The first-order chi connectivity index (χ1) is 11.3. The Kier molecular flexibility index (Phi) is 5.61. The third kappa shape index (κ3) is 4.82.